The van der Waals surface area contributed by atoms with E-state index >= 15 is 0 Å². The summed E-state index contributed by atoms with van der Waals surface area (Å²) >= 11 is 3.37. The Morgan fingerprint density at radius 2 is 2.19 bits per heavy atom. The minimum Gasteiger partial charge on any atom is -0.333 e. The van der Waals surface area contributed by atoms with E-state index in [-0.39, 0.29) is 5.91 Å². The van der Waals surface area contributed by atoms with Gasteiger partial charge in [-0.05, 0) is 29.8 Å². The van der Waals surface area contributed by atoms with E-state index in [0.717, 1.165) is 10.0 Å². The Morgan fingerprint density at radius 3 is 2.86 bits per heavy atom. The van der Waals surface area contributed by atoms with Crippen LogP contribution in [-0.4, -0.2) is 22.3 Å². The van der Waals surface area contributed by atoms with Gasteiger partial charge in [-0.2, -0.15) is 5.26 Å². The average molecular weight is 344 g/mol. The van der Waals surface area contributed by atoms with Gasteiger partial charge in [0, 0.05) is 35.5 Å². The highest BCUT2D eigenvalue weighted by atomic mass is 79.9. The number of halogens is 1. The van der Waals surface area contributed by atoms with Crippen LogP contribution in [0.3, 0.4) is 0 Å². The lowest BCUT2D eigenvalue weighted by molar-refractivity contribution is 0.0746. The first kappa shape index (κ1) is 15.2. The first-order valence-corrected chi connectivity index (χ1v) is 7.30. The Bertz CT molecular complexity index is 652. The number of rotatable bonds is 5. The molecule has 106 valence electrons. The zero-order chi connectivity index (χ0) is 15.1. The fourth-order valence-corrected chi connectivity index (χ4v) is 2.35. The molecule has 1 heterocycles. The Labute approximate surface area is 132 Å². The third-order valence-electron chi connectivity index (χ3n) is 2.95. The molecule has 21 heavy (non-hydrogen) atoms. The molecule has 0 spiro atoms. The van der Waals surface area contributed by atoms with Crippen LogP contribution in [0.1, 0.15) is 22.3 Å². The summed E-state index contributed by atoms with van der Waals surface area (Å²) in [5, 5.41) is 8.77. The van der Waals surface area contributed by atoms with Gasteiger partial charge in [0.15, 0.2) is 0 Å². The fourth-order valence-electron chi connectivity index (χ4n) is 1.95. The highest BCUT2D eigenvalue weighted by molar-refractivity contribution is 9.10. The molecule has 0 aliphatic rings. The van der Waals surface area contributed by atoms with Gasteiger partial charge in [-0.25, -0.2) is 0 Å². The molecular weight excluding hydrogens is 330 g/mol. The molecule has 1 aromatic heterocycles. The van der Waals surface area contributed by atoms with E-state index < -0.39 is 0 Å². The number of hydrogen-bond donors (Lipinski definition) is 0. The first-order chi connectivity index (χ1) is 10.2. The number of aromatic nitrogens is 1. The van der Waals surface area contributed by atoms with E-state index in [1.165, 1.54) is 0 Å². The molecule has 1 amide bonds. The minimum atomic E-state index is -0.0876. The van der Waals surface area contributed by atoms with Crippen LogP contribution < -0.4 is 0 Å². The molecule has 5 heteroatoms. The Balaban J connectivity index is 2.19. The average Bonchev–Trinajstić information content (AvgIpc) is 2.51. The summed E-state index contributed by atoms with van der Waals surface area (Å²) in [6.07, 6.45) is 3.73. The van der Waals surface area contributed by atoms with Crippen molar-refractivity contribution in [3.8, 4) is 6.07 Å². The maximum absolute atomic E-state index is 12.6. The van der Waals surface area contributed by atoms with Crippen molar-refractivity contribution in [2.45, 2.75) is 13.0 Å². The Morgan fingerprint density at radius 1 is 1.33 bits per heavy atom. The predicted molar refractivity (Wildman–Crippen MR) is 83.3 cm³/mol. The molecule has 0 unspecified atom stereocenters. The molecule has 0 N–H and O–H groups in total. The molecule has 1 aromatic carbocycles. The van der Waals surface area contributed by atoms with E-state index in [0.29, 0.717) is 25.1 Å². The lowest BCUT2D eigenvalue weighted by atomic mass is 10.1. The third kappa shape index (κ3) is 4.40. The predicted octanol–water partition coefficient (Wildman–Crippen LogP) is 3.40. The Hall–Kier alpha value is -2.19. The van der Waals surface area contributed by atoms with Crippen molar-refractivity contribution in [1.29, 1.82) is 5.26 Å². The summed E-state index contributed by atoms with van der Waals surface area (Å²) in [5.74, 6) is -0.0876. The van der Waals surface area contributed by atoms with Crippen LogP contribution >= 0.6 is 15.9 Å². The molecule has 2 rings (SSSR count). The fraction of sp³-hybridized carbons (Fsp3) is 0.188. The van der Waals surface area contributed by atoms with Gasteiger partial charge in [0.25, 0.3) is 5.91 Å². The number of pyridine rings is 1. The lowest BCUT2D eigenvalue weighted by Gasteiger charge is -2.21. The molecule has 0 bridgehead atoms. The van der Waals surface area contributed by atoms with Crippen molar-refractivity contribution in [3.05, 3.63) is 64.4 Å². The summed E-state index contributed by atoms with van der Waals surface area (Å²) in [5.41, 5.74) is 1.55. The summed E-state index contributed by atoms with van der Waals surface area (Å²) in [7, 11) is 0. The van der Waals surface area contributed by atoms with Crippen LogP contribution in [-0.2, 0) is 6.54 Å². The van der Waals surface area contributed by atoms with Crippen molar-refractivity contribution in [2.24, 2.45) is 0 Å². The maximum Gasteiger partial charge on any atom is 0.254 e. The van der Waals surface area contributed by atoms with Gasteiger partial charge in [-0.3, -0.25) is 9.78 Å². The molecule has 0 aliphatic carbocycles. The number of carbonyl (C=O) groups excluding carboxylic acids is 1. The normalized spacial score (nSPS) is 9.90. The summed E-state index contributed by atoms with van der Waals surface area (Å²) in [4.78, 5) is 18.3. The number of carbonyl (C=O) groups is 1. The summed E-state index contributed by atoms with van der Waals surface area (Å²) < 4.78 is 0.856. The second kappa shape index (κ2) is 7.55. The zero-order valence-corrected chi connectivity index (χ0v) is 13.0. The van der Waals surface area contributed by atoms with Crippen LogP contribution in [0, 0.1) is 11.3 Å². The standard InChI is InChI=1S/C16H14BrN3O/c17-15-6-1-5-14(10-15)16(21)20(9-3-7-18)12-13-4-2-8-19-11-13/h1-2,4-6,8,10-11H,3,9,12H2. The monoisotopic (exact) mass is 343 g/mol. The van der Waals surface area contributed by atoms with Crippen LogP contribution in [0.15, 0.2) is 53.3 Å². The number of benzene rings is 1. The first-order valence-electron chi connectivity index (χ1n) is 6.51. The van der Waals surface area contributed by atoms with Gasteiger partial charge >= 0.3 is 0 Å². The molecular formula is C16H14BrN3O. The molecule has 4 nitrogen and oxygen atoms in total. The van der Waals surface area contributed by atoms with Crippen LogP contribution in [0.25, 0.3) is 0 Å². The van der Waals surface area contributed by atoms with Crippen LogP contribution in [0.2, 0.25) is 0 Å². The van der Waals surface area contributed by atoms with E-state index in [9.17, 15) is 4.79 Å². The van der Waals surface area contributed by atoms with Crippen molar-refractivity contribution < 1.29 is 4.79 Å². The number of amides is 1. The number of nitrogens with zero attached hydrogens (tertiary/aromatic N) is 3. The lowest BCUT2D eigenvalue weighted by Crippen LogP contribution is -2.31. The van der Waals surface area contributed by atoms with Crippen LogP contribution in [0.5, 0.6) is 0 Å². The van der Waals surface area contributed by atoms with E-state index in [4.69, 9.17) is 5.26 Å². The number of hydrogen-bond acceptors (Lipinski definition) is 3. The topological polar surface area (TPSA) is 57.0 Å². The summed E-state index contributed by atoms with van der Waals surface area (Å²) in [6, 6.07) is 13.1. The molecule has 0 aliphatic heterocycles. The quantitative estimate of drug-likeness (QED) is 0.835. The van der Waals surface area contributed by atoms with Crippen molar-refractivity contribution in [2.75, 3.05) is 6.54 Å². The maximum atomic E-state index is 12.6. The van der Waals surface area contributed by atoms with Gasteiger partial charge in [-0.15, -0.1) is 0 Å². The molecule has 0 fully saturated rings. The number of nitriles is 1. The van der Waals surface area contributed by atoms with Gasteiger partial charge in [-0.1, -0.05) is 28.1 Å². The van der Waals surface area contributed by atoms with Crippen LogP contribution in [0.4, 0.5) is 0 Å². The molecule has 0 atom stereocenters. The van der Waals surface area contributed by atoms with Gasteiger partial charge in [0.1, 0.15) is 0 Å². The van der Waals surface area contributed by atoms with Crippen molar-refractivity contribution in [1.82, 2.24) is 9.88 Å². The largest absolute Gasteiger partial charge is 0.333 e. The van der Waals surface area contributed by atoms with E-state index in [2.05, 4.69) is 27.0 Å². The van der Waals surface area contributed by atoms with E-state index in [1.54, 1.807) is 29.4 Å². The SMILES string of the molecule is N#CCCN(Cc1cccnc1)C(=O)c1cccc(Br)c1. The molecule has 0 saturated heterocycles. The van der Waals surface area contributed by atoms with Crippen molar-refractivity contribution in [3.63, 3.8) is 0 Å². The summed E-state index contributed by atoms with van der Waals surface area (Å²) in [6.45, 7) is 0.845. The van der Waals surface area contributed by atoms with Gasteiger partial charge < -0.3 is 4.90 Å². The zero-order valence-electron chi connectivity index (χ0n) is 11.4. The molecule has 0 radical (unpaired) electrons. The highest BCUT2D eigenvalue weighted by Gasteiger charge is 2.16. The van der Waals surface area contributed by atoms with Gasteiger partial charge in [0.2, 0.25) is 0 Å². The van der Waals surface area contributed by atoms with Crippen molar-refractivity contribution >= 4 is 21.8 Å². The van der Waals surface area contributed by atoms with Gasteiger partial charge in [0.05, 0.1) is 12.5 Å². The highest BCUT2D eigenvalue weighted by Crippen LogP contribution is 2.15. The van der Waals surface area contributed by atoms with E-state index in [1.807, 2.05) is 24.3 Å². The molecule has 0 saturated carbocycles. The minimum absolute atomic E-state index is 0.0876. The third-order valence-corrected chi connectivity index (χ3v) is 3.44. The molecule has 2 aromatic rings. The Kier molecular flexibility index (Phi) is 5.47. The smallest absolute Gasteiger partial charge is 0.254 e. The second-order valence-electron chi connectivity index (χ2n) is 4.51. The second-order valence-corrected chi connectivity index (χ2v) is 5.42.